The highest BCUT2D eigenvalue weighted by Crippen LogP contribution is 2.46. The number of hydrogen-bond donors (Lipinski definition) is 1. The highest BCUT2D eigenvalue weighted by atomic mass is 16.2. The third-order valence-corrected chi connectivity index (χ3v) is 8.28. The largest absolute Gasteiger partial charge is 0.335 e. The van der Waals surface area contributed by atoms with Gasteiger partial charge in [0.25, 0.3) is 5.91 Å². The zero-order valence-electron chi connectivity index (χ0n) is 19.9. The Labute approximate surface area is 206 Å². The predicted octanol–water partition coefficient (Wildman–Crippen LogP) is 3.93. The van der Waals surface area contributed by atoms with Crippen LogP contribution in [-0.4, -0.2) is 70.4 Å². The van der Waals surface area contributed by atoms with Crippen molar-refractivity contribution in [1.29, 1.82) is 0 Å². The minimum atomic E-state index is -0.562. The van der Waals surface area contributed by atoms with Crippen LogP contribution >= 0.6 is 0 Å². The van der Waals surface area contributed by atoms with Crippen LogP contribution in [0, 0.1) is 0 Å². The van der Waals surface area contributed by atoms with Crippen molar-refractivity contribution in [3.05, 3.63) is 71.8 Å². The van der Waals surface area contributed by atoms with Gasteiger partial charge in [-0.2, -0.15) is 0 Å². The Morgan fingerprint density at radius 3 is 2.17 bits per heavy atom. The van der Waals surface area contributed by atoms with E-state index in [1.165, 1.54) is 16.0 Å². The molecule has 2 saturated carbocycles. The van der Waals surface area contributed by atoms with Gasteiger partial charge >= 0.3 is 12.1 Å². The predicted molar refractivity (Wildman–Crippen MR) is 132 cm³/mol. The van der Waals surface area contributed by atoms with Crippen molar-refractivity contribution in [3.63, 3.8) is 0 Å². The van der Waals surface area contributed by atoms with E-state index in [1.54, 1.807) is 9.80 Å². The van der Waals surface area contributed by atoms with Gasteiger partial charge in [0.15, 0.2) is 0 Å². The summed E-state index contributed by atoms with van der Waals surface area (Å²) in [5, 5.41) is 3.20. The number of rotatable bonds is 4. The van der Waals surface area contributed by atoms with Crippen molar-refractivity contribution in [2.45, 2.75) is 62.1 Å². The van der Waals surface area contributed by atoms with Gasteiger partial charge in [0.05, 0.1) is 6.54 Å². The zero-order valence-corrected chi connectivity index (χ0v) is 19.9. The molecule has 2 saturated heterocycles. The van der Waals surface area contributed by atoms with Crippen LogP contribution in [-0.2, 0) is 4.79 Å². The van der Waals surface area contributed by atoms with E-state index in [-0.39, 0.29) is 42.5 Å². The molecule has 7 nitrogen and oxygen atoms in total. The van der Waals surface area contributed by atoms with Gasteiger partial charge in [-0.3, -0.25) is 9.69 Å². The lowest BCUT2D eigenvalue weighted by Crippen LogP contribution is -2.57. The maximum atomic E-state index is 13.2. The summed E-state index contributed by atoms with van der Waals surface area (Å²) in [7, 11) is 0. The molecule has 1 N–H and O–H groups in total. The smallest absolute Gasteiger partial charge is 0.327 e. The lowest BCUT2D eigenvalue weighted by atomic mass is 9.82. The molecule has 7 heteroatoms. The van der Waals surface area contributed by atoms with Crippen molar-refractivity contribution >= 4 is 18.0 Å². The van der Waals surface area contributed by atoms with Gasteiger partial charge in [0, 0.05) is 31.1 Å². The Kier molecular flexibility index (Phi) is 5.71. The normalized spacial score (nSPS) is 30.3. The molecule has 3 atom stereocenters. The van der Waals surface area contributed by atoms with Crippen molar-refractivity contribution in [1.82, 2.24) is 20.0 Å². The number of imide groups is 1. The van der Waals surface area contributed by atoms with Crippen LogP contribution in [0.2, 0.25) is 0 Å². The van der Waals surface area contributed by atoms with E-state index in [0.29, 0.717) is 19.0 Å². The van der Waals surface area contributed by atoms with Crippen LogP contribution in [0.1, 0.15) is 55.1 Å². The number of nitrogens with one attached hydrogen (secondary N) is 1. The molecule has 35 heavy (non-hydrogen) atoms. The quantitative estimate of drug-likeness (QED) is 0.686. The van der Waals surface area contributed by atoms with Gasteiger partial charge in [-0.1, -0.05) is 60.7 Å². The molecule has 2 aliphatic heterocycles. The van der Waals surface area contributed by atoms with E-state index in [0.717, 1.165) is 32.1 Å². The van der Waals surface area contributed by atoms with E-state index < -0.39 is 6.04 Å². The molecule has 2 aliphatic carbocycles. The summed E-state index contributed by atoms with van der Waals surface area (Å²) >= 11 is 0. The molecule has 0 bridgehead atoms. The second-order valence-electron chi connectivity index (χ2n) is 10.4. The lowest BCUT2D eigenvalue weighted by Gasteiger charge is -2.37. The summed E-state index contributed by atoms with van der Waals surface area (Å²) < 4.78 is 0. The highest BCUT2D eigenvalue weighted by Gasteiger charge is 2.56. The molecule has 5 amide bonds. The fourth-order valence-electron chi connectivity index (χ4n) is 6.19. The van der Waals surface area contributed by atoms with Crippen molar-refractivity contribution in [3.8, 4) is 0 Å². The molecular weight excluding hydrogens is 440 g/mol. The molecule has 2 aromatic carbocycles. The Morgan fingerprint density at radius 2 is 1.49 bits per heavy atom. The van der Waals surface area contributed by atoms with Gasteiger partial charge < -0.3 is 15.1 Å². The van der Waals surface area contributed by atoms with Crippen LogP contribution in [0.25, 0.3) is 0 Å². The van der Waals surface area contributed by atoms with Crippen molar-refractivity contribution in [2.75, 3.05) is 19.6 Å². The molecule has 4 fully saturated rings. The highest BCUT2D eigenvalue weighted by molar-refractivity contribution is 6.05. The third-order valence-electron chi connectivity index (χ3n) is 8.28. The molecule has 6 rings (SSSR count). The number of nitrogens with zero attached hydrogens (tertiary/aromatic N) is 3. The standard InChI is InChI=1S/C28H32N4O3/c33-26-25-18-30(27(34)29-22-13-11-20(12-14-22)19-7-3-1-4-8-19)15-16-31(25)28(35)32(26)24-17-23(24)21-9-5-2-6-10-21/h1-10,20,22-25H,11-18H2,(H,29,34)/t20?,22?,23-,24+,25+/m1/s1. The SMILES string of the molecule is O=C(NC1CCC(c2ccccc2)CC1)N1CCN2C(=O)N([C@H]3C[C@@H]3c3ccccc3)C(=O)[C@@H]2C1. The summed E-state index contributed by atoms with van der Waals surface area (Å²) in [4.78, 5) is 44.2. The van der Waals surface area contributed by atoms with E-state index in [1.807, 2.05) is 24.3 Å². The van der Waals surface area contributed by atoms with Crippen LogP contribution in [0.15, 0.2) is 60.7 Å². The summed E-state index contributed by atoms with van der Waals surface area (Å²) in [5.41, 5.74) is 2.55. The van der Waals surface area contributed by atoms with Crippen molar-refractivity contribution < 1.29 is 14.4 Å². The fraction of sp³-hybridized carbons (Fsp3) is 0.464. The van der Waals surface area contributed by atoms with Gasteiger partial charge in [-0.05, 0) is 49.1 Å². The molecule has 182 valence electrons. The fourth-order valence-corrected chi connectivity index (χ4v) is 6.19. The van der Waals surface area contributed by atoms with Gasteiger partial charge in [-0.15, -0.1) is 0 Å². The number of amides is 5. The molecule has 0 aromatic heterocycles. The van der Waals surface area contributed by atoms with Crippen LogP contribution in [0.4, 0.5) is 9.59 Å². The summed E-state index contributed by atoms with van der Waals surface area (Å²) in [6.45, 7) is 1.14. The minimum Gasteiger partial charge on any atom is -0.335 e. The van der Waals surface area contributed by atoms with Gasteiger partial charge in [0.1, 0.15) is 6.04 Å². The Morgan fingerprint density at radius 1 is 0.829 bits per heavy atom. The minimum absolute atomic E-state index is 0.0647. The summed E-state index contributed by atoms with van der Waals surface area (Å²) in [5.74, 6) is 0.623. The first kappa shape index (κ1) is 22.1. The second-order valence-corrected chi connectivity index (χ2v) is 10.4. The Hall–Kier alpha value is -3.35. The number of carbonyl (C=O) groups is 3. The Bertz CT molecular complexity index is 1100. The Balaban J connectivity index is 1.04. The monoisotopic (exact) mass is 472 g/mol. The molecule has 0 radical (unpaired) electrons. The number of hydrogen-bond acceptors (Lipinski definition) is 3. The molecule has 4 aliphatic rings. The van der Waals surface area contributed by atoms with Gasteiger partial charge in [0.2, 0.25) is 0 Å². The van der Waals surface area contributed by atoms with E-state index in [9.17, 15) is 14.4 Å². The van der Waals surface area contributed by atoms with E-state index >= 15 is 0 Å². The number of carbonyl (C=O) groups excluding carboxylic acids is 3. The van der Waals surface area contributed by atoms with Crippen molar-refractivity contribution in [2.24, 2.45) is 0 Å². The molecule has 0 unspecified atom stereocenters. The molecule has 2 heterocycles. The van der Waals surface area contributed by atoms with Crippen LogP contribution in [0.5, 0.6) is 0 Å². The van der Waals surface area contributed by atoms with Crippen LogP contribution in [0.3, 0.4) is 0 Å². The average molecular weight is 473 g/mol. The number of piperazine rings is 1. The maximum Gasteiger partial charge on any atom is 0.327 e. The first-order chi connectivity index (χ1) is 17.1. The summed E-state index contributed by atoms with van der Waals surface area (Å²) in [6.07, 6.45) is 4.87. The maximum absolute atomic E-state index is 13.2. The average Bonchev–Trinajstić information content (AvgIpc) is 3.65. The van der Waals surface area contributed by atoms with Gasteiger partial charge in [-0.25, -0.2) is 9.59 Å². The van der Waals surface area contributed by atoms with E-state index in [4.69, 9.17) is 0 Å². The molecule has 0 spiro atoms. The zero-order chi connectivity index (χ0) is 23.9. The van der Waals surface area contributed by atoms with Crippen LogP contribution < -0.4 is 5.32 Å². The first-order valence-electron chi connectivity index (χ1n) is 12.9. The summed E-state index contributed by atoms with van der Waals surface area (Å²) in [6, 6.07) is 19.9. The van der Waals surface area contributed by atoms with E-state index in [2.05, 4.69) is 41.7 Å². The topological polar surface area (TPSA) is 73.0 Å². The molecular formula is C28H32N4O3. The number of fused-ring (bicyclic) bond motifs is 1. The third kappa shape index (κ3) is 4.17. The first-order valence-corrected chi connectivity index (χ1v) is 12.9. The lowest BCUT2D eigenvalue weighted by molar-refractivity contribution is -0.129. The molecule has 2 aromatic rings. The second kappa shape index (κ2) is 9.02. The number of urea groups is 2. The number of benzene rings is 2.